The van der Waals surface area contributed by atoms with Crippen molar-refractivity contribution in [3.8, 4) is 0 Å². The van der Waals surface area contributed by atoms with Gasteiger partial charge in [-0.2, -0.15) is 0 Å². The Morgan fingerprint density at radius 3 is 1.56 bits per heavy atom. The smallest absolute Gasteiger partial charge is 0.411 e. The van der Waals surface area contributed by atoms with Crippen molar-refractivity contribution in [3.05, 3.63) is 12.8 Å². The summed E-state index contributed by atoms with van der Waals surface area (Å²) in [6, 6.07) is 0. The second-order valence-corrected chi connectivity index (χ2v) is 34.4. The average molecular weight is 484 g/mol. The van der Waals surface area contributed by atoms with Crippen LogP contribution in [0.4, 0.5) is 4.79 Å². The van der Waals surface area contributed by atoms with Gasteiger partial charge < -0.3 is 17.1 Å². The van der Waals surface area contributed by atoms with Gasteiger partial charge in [0.1, 0.15) is 0 Å². The molecule has 6 nitrogen and oxygen atoms in total. The van der Waals surface area contributed by atoms with Gasteiger partial charge in [0.2, 0.25) is 0 Å². The maximum absolute atomic E-state index is 11.6. The first-order valence-corrected chi connectivity index (χ1v) is 23.6. The molecule has 0 aliphatic heterocycles. The first-order valence-electron chi connectivity index (χ1n) is 9.54. The highest BCUT2D eigenvalue weighted by Gasteiger charge is 2.38. The molecule has 1 amide bonds. The topological polar surface area (TPSA) is 66.0 Å². The zero-order valence-electron chi connectivity index (χ0n) is 18.9. The lowest BCUT2D eigenvalue weighted by Crippen LogP contribution is -2.47. The second kappa shape index (κ2) is 11.4. The molecule has 0 rings (SSSR count). The zero-order valence-corrected chi connectivity index (χ0v) is 26.1. The van der Waals surface area contributed by atoms with E-state index in [0.717, 1.165) is 6.42 Å². The van der Waals surface area contributed by atoms with E-state index in [1.807, 2.05) is 0 Å². The molecule has 27 heavy (non-hydrogen) atoms. The van der Waals surface area contributed by atoms with Gasteiger partial charge in [0.05, 0.1) is 6.61 Å². The summed E-state index contributed by atoms with van der Waals surface area (Å²) >= 11 is 0. The van der Waals surface area contributed by atoms with Crippen molar-refractivity contribution in [3.63, 3.8) is 0 Å². The first kappa shape index (κ1) is 27.2. The Morgan fingerprint density at radius 1 is 0.889 bits per heavy atom. The van der Waals surface area contributed by atoms with E-state index in [4.69, 9.17) is 17.1 Å². The van der Waals surface area contributed by atoms with Gasteiger partial charge in [-0.1, -0.05) is 6.58 Å². The Bertz CT molecular complexity index is 427. The highest BCUT2D eigenvalue weighted by Crippen LogP contribution is 2.31. The molecule has 12 heteroatoms. The quantitative estimate of drug-likeness (QED) is 0.406. The summed E-state index contributed by atoms with van der Waals surface area (Å²) in [5.41, 5.74) is 0. The highest BCUT2D eigenvalue weighted by molar-refractivity contribution is 6.86. The molecule has 0 aliphatic carbocycles. The molecule has 0 radical (unpaired) electrons. The number of rotatable bonds is 13. The van der Waals surface area contributed by atoms with Crippen molar-refractivity contribution in [2.75, 3.05) is 6.61 Å². The van der Waals surface area contributed by atoms with E-state index >= 15 is 0 Å². The normalized spacial score (nSPS) is 16.5. The Morgan fingerprint density at radius 2 is 1.26 bits per heavy atom. The SMILES string of the molecule is C=CNC(=O)OCCC([SiH2]O[Si](C)(C)C)([SiH2]O[Si](C)(C)C)[SiH2]O[Si](C)(C)C. The van der Waals surface area contributed by atoms with Gasteiger partial charge in [-0.05, 0) is 71.5 Å². The Balaban J connectivity index is 5.32. The Kier molecular flexibility index (Phi) is 11.5. The molecular weight excluding hydrogens is 443 g/mol. The number of carbonyl (C=O) groups excluding carboxylic acids is 1. The Hall–Kier alpha value is 0.191. The van der Waals surface area contributed by atoms with Crippen LogP contribution < -0.4 is 5.32 Å². The van der Waals surface area contributed by atoms with Gasteiger partial charge in [0.25, 0.3) is 0 Å². The van der Waals surface area contributed by atoms with E-state index in [1.165, 1.54) is 6.20 Å². The predicted octanol–water partition coefficient (Wildman–Crippen LogP) is 2.13. The summed E-state index contributed by atoms with van der Waals surface area (Å²) in [6.07, 6.45) is 1.69. The Labute approximate surface area is 176 Å². The van der Waals surface area contributed by atoms with Gasteiger partial charge in [-0.15, -0.1) is 0 Å². The molecule has 0 unspecified atom stereocenters. The molecular formula is C15H41NO5Si6. The van der Waals surface area contributed by atoms with Crippen molar-refractivity contribution in [2.24, 2.45) is 0 Å². The standard InChI is InChI=1S/C15H41NO5Si6/c1-11-16-14(17)18-13-12-15(22-19-25(2,3)4,23-20-26(5,6)7)24-21-27(8,9)10/h11H,1,12-13,22-24H2,2-10H3,(H,16,17). The summed E-state index contributed by atoms with van der Waals surface area (Å²) in [5, 5.41) is 2.46. The molecule has 160 valence electrons. The third-order valence-electron chi connectivity index (χ3n) is 3.52. The maximum atomic E-state index is 11.6. The molecule has 0 aromatic rings. The molecule has 0 bridgehead atoms. The van der Waals surface area contributed by atoms with Crippen molar-refractivity contribution in [1.82, 2.24) is 5.32 Å². The number of hydrogen-bond donors (Lipinski definition) is 1. The summed E-state index contributed by atoms with van der Waals surface area (Å²) in [5.74, 6) is 0. The molecule has 0 fully saturated rings. The molecule has 0 spiro atoms. The largest absolute Gasteiger partial charge is 0.461 e. The molecule has 0 aromatic heterocycles. The molecule has 0 saturated carbocycles. The number of hydrogen-bond acceptors (Lipinski definition) is 5. The lowest BCUT2D eigenvalue weighted by atomic mass is 10.5. The van der Waals surface area contributed by atoms with Gasteiger partial charge >= 0.3 is 6.09 Å². The number of carbonyl (C=O) groups is 1. The number of amides is 1. The lowest BCUT2D eigenvalue weighted by molar-refractivity contribution is 0.148. The fraction of sp³-hybridized carbons (Fsp3) is 0.800. The van der Waals surface area contributed by atoms with Crippen LogP contribution in [0.3, 0.4) is 0 Å². The number of ether oxygens (including phenoxy) is 1. The van der Waals surface area contributed by atoms with E-state index < -0.39 is 60.3 Å². The fourth-order valence-electron chi connectivity index (χ4n) is 1.94. The summed E-state index contributed by atoms with van der Waals surface area (Å²) in [7, 11) is -7.32. The molecule has 0 atom stereocenters. The van der Waals surface area contributed by atoms with Gasteiger partial charge in [-0.25, -0.2) is 4.79 Å². The first-order chi connectivity index (χ1) is 12.1. The zero-order chi connectivity index (χ0) is 21.4. The number of nitrogens with one attached hydrogen (secondary N) is 1. The molecule has 0 aromatic carbocycles. The van der Waals surface area contributed by atoms with E-state index in [-0.39, 0.29) is 4.28 Å². The summed E-state index contributed by atoms with van der Waals surface area (Å²) in [6.45, 7) is 24.0. The van der Waals surface area contributed by atoms with Crippen LogP contribution in [0.2, 0.25) is 63.2 Å². The predicted molar refractivity (Wildman–Crippen MR) is 131 cm³/mol. The van der Waals surface area contributed by atoms with E-state index in [1.54, 1.807) is 0 Å². The molecule has 0 aliphatic rings. The fourth-order valence-corrected chi connectivity index (χ4v) is 18.2. The van der Waals surface area contributed by atoms with E-state index in [0.29, 0.717) is 6.61 Å². The van der Waals surface area contributed by atoms with E-state index in [9.17, 15) is 4.79 Å². The van der Waals surface area contributed by atoms with Crippen LogP contribution in [0.15, 0.2) is 12.8 Å². The monoisotopic (exact) mass is 483 g/mol. The van der Waals surface area contributed by atoms with Gasteiger partial charge in [0, 0.05) is 4.28 Å². The van der Waals surface area contributed by atoms with Crippen LogP contribution in [0.25, 0.3) is 0 Å². The molecule has 1 N–H and O–H groups in total. The van der Waals surface area contributed by atoms with Crippen molar-refractivity contribution in [2.45, 2.75) is 69.6 Å². The van der Waals surface area contributed by atoms with Crippen LogP contribution in [0.1, 0.15) is 6.42 Å². The lowest BCUT2D eigenvalue weighted by Gasteiger charge is -2.38. The minimum Gasteiger partial charge on any atom is -0.461 e. The number of alkyl carbamates (subject to hydrolysis) is 1. The minimum absolute atomic E-state index is 0.0787. The van der Waals surface area contributed by atoms with Gasteiger partial charge in [0.15, 0.2) is 54.2 Å². The minimum atomic E-state index is -1.61. The van der Waals surface area contributed by atoms with Crippen LogP contribution in [0, 0.1) is 0 Å². The summed E-state index contributed by atoms with van der Waals surface area (Å²) in [4.78, 5) is 11.6. The second-order valence-electron chi connectivity index (χ2n) is 9.94. The van der Waals surface area contributed by atoms with E-state index in [2.05, 4.69) is 70.8 Å². The van der Waals surface area contributed by atoms with Crippen molar-refractivity contribution in [1.29, 1.82) is 0 Å². The third-order valence-corrected chi connectivity index (χ3v) is 22.2. The molecule has 0 heterocycles. The third kappa shape index (κ3) is 15.8. The van der Waals surface area contributed by atoms with Crippen LogP contribution >= 0.6 is 0 Å². The summed E-state index contributed by atoms with van der Waals surface area (Å²) < 4.78 is 24.9. The van der Waals surface area contributed by atoms with Crippen LogP contribution in [-0.2, 0) is 17.1 Å². The van der Waals surface area contributed by atoms with Crippen LogP contribution in [-0.4, -0.2) is 66.9 Å². The maximum Gasteiger partial charge on any atom is 0.411 e. The highest BCUT2D eigenvalue weighted by atomic mass is 28.4. The van der Waals surface area contributed by atoms with Crippen molar-refractivity contribution >= 4 is 60.3 Å². The molecule has 0 saturated heterocycles. The average Bonchev–Trinajstić information content (AvgIpc) is 2.46. The van der Waals surface area contributed by atoms with Crippen LogP contribution in [0.5, 0.6) is 0 Å². The van der Waals surface area contributed by atoms with Gasteiger partial charge in [-0.3, -0.25) is 5.32 Å². The van der Waals surface area contributed by atoms with Crippen molar-refractivity contribution < 1.29 is 21.9 Å².